The summed E-state index contributed by atoms with van der Waals surface area (Å²) in [6, 6.07) is 13.0. The summed E-state index contributed by atoms with van der Waals surface area (Å²) in [5.74, 6) is -0.640. The van der Waals surface area contributed by atoms with Crippen LogP contribution in [0, 0.1) is 6.92 Å². The molecule has 33 heavy (non-hydrogen) atoms. The minimum atomic E-state index is -3.82. The number of likely N-dealkylation sites (N-methyl/N-ethyl adjacent to an activating group) is 1. The molecule has 1 heterocycles. The Kier molecular flexibility index (Phi) is 8.51. The molecule has 1 fully saturated rings. The fraction of sp³-hybridized carbons (Fsp3) is 0.417. The van der Waals surface area contributed by atoms with Crippen molar-refractivity contribution >= 4 is 33.4 Å². The Labute approximate surface area is 200 Å². The summed E-state index contributed by atoms with van der Waals surface area (Å²) < 4.78 is 27.9. The monoisotopic (exact) mass is 491 g/mol. The van der Waals surface area contributed by atoms with Crippen molar-refractivity contribution in [2.45, 2.75) is 50.6 Å². The highest BCUT2D eigenvalue weighted by atomic mass is 35.5. The third kappa shape index (κ3) is 6.34. The van der Waals surface area contributed by atoms with E-state index in [0.29, 0.717) is 31.0 Å². The van der Waals surface area contributed by atoms with Gasteiger partial charge in [0, 0.05) is 24.7 Å². The molecule has 9 heteroatoms. The summed E-state index contributed by atoms with van der Waals surface area (Å²) in [5, 5.41) is 3.42. The van der Waals surface area contributed by atoms with Crippen LogP contribution in [0.25, 0.3) is 0 Å². The van der Waals surface area contributed by atoms with Crippen molar-refractivity contribution in [3.8, 4) is 0 Å². The summed E-state index contributed by atoms with van der Waals surface area (Å²) in [4.78, 5) is 27.5. The SMILES string of the molecule is CCN(CC(=O)NCc1ccc(Cl)cc1)C(=O)C1CCCCN1S(=O)(=O)c1ccc(C)cc1. The van der Waals surface area contributed by atoms with E-state index in [4.69, 9.17) is 11.6 Å². The molecular formula is C24H30ClN3O4S. The molecule has 0 spiro atoms. The molecule has 0 saturated carbocycles. The van der Waals surface area contributed by atoms with Gasteiger partial charge in [0.05, 0.1) is 11.4 Å². The summed E-state index contributed by atoms with van der Waals surface area (Å²) in [7, 11) is -3.82. The third-order valence-corrected chi connectivity index (χ3v) is 7.97. The van der Waals surface area contributed by atoms with Gasteiger partial charge in [0.2, 0.25) is 21.8 Å². The Hall–Kier alpha value is -2.42. The molecule has 1 saturated heterocycles. The lowest BCUT2D eigenvalue weighted by molar-refractivity contribution is -0.139. The molecule has 0 bridgehead atoms. The van der Waals surface area contributed by atoms with Crippen molar-refractivity contribution in [1.82, 2.24) is 14.5 Å². The van der Waals surface area contributed by atoms with E-state index in [0.717, 1.165) is 17.5 Å². The molecular weight excluding hydrogens is 462 g/mol. The maximum atomic E-state index is 13.3. The molecule has 1 unspecified atom stereocenters. The molecule has 1 aliphatic heterocycles. The molecule has 1 atom stereocenters. The van der Waals surface area contributed by atoms with Crippen molar-refractivity contribution in [3.63, 3.8) is 0 Å². The molecule has 7 nitrogen and oxygen atoms in total. The zero-order valence-corrected chi connectivity index (χ0v) is 20.5. The average Bonchev–Trinajstić information content (AvgIpc) is 2.82. The van der Waals surface area contributed by atoms with Crippen LogP contribution < -0.4 is 5.32 Å². The predicted molar refractivity (Wildman–Crippen MR) is 128 cm³/mol. The molecule has 0 aliphatic carbocycles. The number of aryl methyl sites for hydroxylation is 1. The average molecular weight is 492 g/mol. The lowest BCUT2D eigenvalue weighted by Crippen LogP contribution is -2.54. The zero-order chi connectivity index (χ0) is 24.0. The number of benzene rings is 2. The number of hydrogen-bond donors (Lipinski definition) is 1. The Morgan fingerprint density at radius 1 is 1.09 bits per heavy atom. The second kappa shape index (κ2) is 11.1. The van der Waals surface area contributed by atoms with Crippen molar-refractivity contribution in [2.75, 3.05) is 19.6 Å². The number of piperidine rings is 1. The van der Waals surface area contributed by atoms with Gasteiger partial charge in [-0.2, -0.15) is 4.31 Å². The van der Waals surface area contributed by atoms with Gasteiger partial charge in [0.25, 0.3) is 0 Å². The smallest absolute Gasteiger partial charge is 0.243 e. The number of hydrogen-bond acceptors (Lipinski definition) is 4. The second-order valence-electron chi connectivity index (χ2n) is 8.20. The van der Waals surface area contributed by atoms with Gasteiger partial charge in [-0.3, -0.25) is 9.59 Å². The molecule has 1 aliphatic rings. The Morgan fingerprint density at radius 2 is 1.76 bits per heavy atom. The van der Waals surface area contributed by atoms with E-state index in [1.54, 1.807) is 43.3 Å². The standard InChI is InChI=1S/C24H30ClN3O4S/c1-3-27(17-23(29)26-16-19-9-11-20(25)12-10-19)24(30)22-6-4-5-15-28(22)33(31,32)21-13-7-18(2)8-14-21/h7-14,22H,3-6,15-17H2,1-2H3,(H,26,29). The fourth-order valence-electron chi connectivity index (χ4n) is 3.87. The highest BCUT2D eigenvalue weighted by Crippen LogP contribution is 2.27. The van der Waals surface area contributed by atoms with Gasteiger partial charge in [-0.25, -0.2) is 8.42 Å². The maximum absolute atomic E-state index is 13.3. The first-order valence-corrected chi connectivity index (χ1v) is 12.9. The lowest BCUT2D eigenvalue weighted by Gasteiger charge is -2.36. The molecule has 1 N–H and O–H groups in total. The topological polar surface area (TPSA) is 86.8 Å². The first-order valence-electron chi connectivity index (χ1n) is 11.1. The predicted octanol–water partition coefficient (Wildman–Crippen LogP) is 3.36. The minimum Gasteiger partial charge on any atom is -0.350 e. The van der Waals surface area contributed by atoms with Crippen LogP contribution in [0.15, 0.2) is 53.4 Å². The van der Waals surface area contributed by atoms with Crippen LogP contribution in [0.5, 0.6) is 0 Å². The van der Waals surface area contributed by atoms with E-state index < -0.39 is 16.1 Å². The number of nitrogens with zero attached hydrogens (tertiary/aromatic N) is 2. The van der Waals surface area contributed by atoms with Gasteiger partial charge >= 0.3 is 0 Å². The van der Waals surface area contributed by atoms with Crippen LogP contribution in [0.1, 0.15) is 37.3 Å². The van der Waals surface area contributed by atoms with Gasteiger partial charge in [0.15, 0.2) is 0 Å². The third-order valence-electron chi connectivity index (χ3n) is 5.80. The molecule has 2 aromatic carbocycles. The number of carbonyl (C=O) groups excluding carboxylic acids is 2. The van der Waals surface area contributed by atoms with Crippen molar-refractivity contribution in [1.29, 1.82) is 0 Å². The molecule has 0 radical (unpaired) electrons. The highest BCUT2D eigenvalue weighted by Gasteiger charge is 2.39. The second-order valence-corrected chi connectivity index (χ2v) is 10.5. The first-order chi connectivity index (χ1) is 15.7. The Morgan fingerprint density at radius 3 is 2.39 bits per heavy atom. The number of sulfonamides is 1. The van der Waals surface area contributed by atoms with E-state index in [9.17, 15) is 18.0 Å². The largest absolute Gasteiger partial charge is 0.350 e. The lowest BCUT2D eigenvalue weighted by atomic mass is 10.0. The van der Waals surface area contributed by atoms with Gasteiger partial charge in [0.1, 0.15) is 6.04 Å². The van der Waals surface area contributed by atoms with Crippen LogP contribution in [0.3, 0.4) is 0 Å². The highest BCUT2D eigenvalue weighted by molar-refractivity contribution is 7.89. The summed E-state index contributed by atoms with van der Waals surface area (Å²) >= 11 is 5.88. The quantitative estimate of drug-likeness (QED) is 0.613. The number of carbonyl (C=O) groups is 2. The first kappa shape index (κ1) is 25.2. The minimum absolute atomic E-state index is 0.127. The van der Waals surface area contributed by atoms with Crippen LogP contribution in [-0.4, -0.2) is 55.1 Å². The summed E-state index contributed by atoms with van der Waals surface area (Å²) in [6.07, 6.45) is 1.89. The normalized spacial score (nSPS) is 16.9. The van der Waals surface area contributed by atoms with Gasteiger partial charge in [-0.05, 0) is 56.5 Å². The zero-order valence-electron chi connectivity index (χ0n) is 19.0. The number of halogens is 1. The van der Waals surface area contributed by atoms with Gasteiger partial charge < -0.3 is 10.2 Å². The summed E-state index contributed by atoms with van der Waals surface area (Å²) in [6.45, 7) is 4.46. The van der Waals surface area contributed by atoms with Crippen molar-refractivity contribution < 1.29 is 18.0 Å². The number of amides is 2. The summed E-state index contributed by atoms with van der Waals surface area (Å²) in [5.41, 5.74) is 1.85. The van der Waals surface area contributed by atoms with Crippen LogP contribution in [0.4, 0.5) is 0 Å². The van der Waals surface area contributed by atoms with Gasteiger partial charge in [-0.1, -0.05) is 47.9 Å². The van der Waals surface area contributed by atoms with Crippen molar-refractivity contribution in [2.24, 2.45) is 0 Å². The van der Waals surface area contributed by atoms with E-state index in [1.807, 2.05) is 19.1 Å². The van der Waals surface area contributed by atoms with E-state index in [-0.39, 0.29) is 29.8 Å². The van der Waals surface area contributed by atoms with Crippen LogP contribution in [0.2, 0.25) is 5.02 Å². The molecule has 178 valence electrons. The number of rotatable bonds is 8. The maximum Gasteiger partial charge on any atom is 0.243 e. The molecule has 2 aromatic rings. The van der Waals surface area contributed by atoms with Crippen molar-refractivity contribution in [3.05, 3.63) is 64.7 Å². The van der Waals surface area contributed by atoms with E-state index in [1.165, 1.54) is 9.21 Å². The molecule has 3 rings (SSSR count). The van der Waals surface area contributed by atoms with Crippen LogP contribution >= 0.6 is 11.6 Å². The van der Waals surface area contributed by atoms with E-state index >= 15 is 0 Å². The van der Waals surface area contributed by atoms with Crippen LogP contribution in [-0.2, 0) is 26.2 Å². The molecule has 0 aromatic heterocycles. The fourth-order valence-corrected chi connectivity index (χ4v) is 5.65. The van der Waals surface area contributed by atoms with E-state index in [2.05, 4.69) is 5.32 Å². The van der Waals surface area contributed by atoms with Gasteiger partial charge in [-0.15, -0.1) is 0 Å². The Balaban J connectivity index is 1.69. The molecule has 2 amide bonds. The Bertz CT molecular complexity index is 1070. The number of nitrogens with one attached hydrogen (secondary N) is 1.